The van der Waals surface area contributed by atoms with E-state index in [0.29, 0.717) is 0 Å². The van der Waals surface area contributed by atoms with Gasteiger partial charge in [0, 0.05) is 6.07 Å². The first-order chi connectivity index (χ1) is 5.39. The highest BCUT2D eigenvalue weighted by Gasteiger charge is 2.32. The Labute approximate surface area is 63.7 Å². The predicted molar refractivity (Wildman–Crippen MR) is 29.3 cm³/mol. The average Bonchev–Trinajstić information content (AvgIpc) is 1.82. The third-order valence-electron chi connectivity index (χ3n) is 1.01. The quantitative estimate of drug-likeness (QED) is 0.602. The number of alkyl halides is 3. The molecule has 0 aliphatic carbocycles. The van der Waals surface area contributed by atoms with Gasteiger partial charge >= 0.3 is 6.18 Å². The summed E-state index contributed by atoms with van der Waals surface area (Å²) in [7, 11) is 0. The summed E-state index contributed by atoms with van der Waals surface area (Å²) >= 11 is 0. The molecule has 0 aromatic carbocycles. The lowest BCUT2D eigenvalue weighted by molar-refractivity contribution is -0.283. The molecular formula is C5H2F3N2O2-. The highest BCUT2D eigenvalue weighted by molar-refractivity contribution is 5.07. The van der Waals surface area contributed by atoms with Crippen LogP contribution in [0.2, 0.25) is 0 Å². The number of nitrogens with one attached hydrogen (secondary N) is 1. The normalized spacial score (nSPS) is 11.6. The Bertz CT molecular complexity index is 343. The maximum atomic E-state index is 11.8. The molecule has 0 amide bonds. The highest BCUT2D eigenvalue weighted by Crippen LogP contribution is 2.26. The van der Waals surface area contributed by atoms with Crippen molar-refractivity contribution in [2.24, 2.45) is 0 Å². The fourth-order valence-corrected chi connectivity index (χ4v) is 0.580. The van der Waals surface area contributed by atoms with Gasteiger partial charge in [-0.3, -0.25) is 4.79 Å². The van der Waals surface area contributed by atoms with Crippen LogP contribution in [-0.4, -0.2) is 9.97 Å². The molecule has 1 heterocycles. The Hall–Kier alpha value is -1.53. The molecule has 0 atom stereocenters. The standard InChI is InChI=1S/C5H3F3N2O2/c6-5(7,8)2-1-3(11)10-4(12)9-2/h1H,(H2,9,10,11,12)/p-1. The highest BCUT2D eigenvalue weighted by atomic mass is 19.4. The van der Waals surface area contributed by atoms with Gasteiger partial charge in [0.15, 0.2) is 5.69 Å². The van der Waals surface area contributed by atoms with E-state index in [1.807, 2.05) is 0 Å². The molecule has 0 saturated carbocycles. The first kappa shape index (κ1) is 8.57. The Morgan fingerprint density at radius 3 is 2.50 bits per heavy atom. The van der Waals surface area contributed by atoms with E-state index in [2.05, 4.69) is 4.98 Å². The van der Waals surface area contributed by atoms with Gasteiger partial charge in [0.2, 0.25) is 0 Å². The van der Waals surface area contributed by atoms with Crippen LogP contribution in [-0.2, 0) is 6.18 Å². The maximum Gasteiger partial charge on any atom is 0.433 e. The van der Waals surface area contributed by atoms with Crippen LogP contribution in [0.5, 0.6) is 6.01 Å². The molecule has 0 aliphatic rings. The van der Waals surface area contributed by atoms with E-state index < -0.39 is 23.4 Å². The molecule has 12 heavy (non-hydrogen) atoms. The number of hydrogen-bond acceptors (Lipinski definition) is 3. The second kappa shape index (κ2) is 2.50. The smallest absolute Gasteiger partial charge is 0.433 e. The summed E-state index contributed by atoms with van der Waals surface area (Å²) < 4.78 is 35.4. The number of aromatic nitrogens is 2. The van der Waals surface area contributed by atoms with Crippen LogP contribution in [0.1, 0.15) is 5.69 Å². The summed E-state index contributed by atoms with van der Waals surface area (Å²) in [6.07, 6.45) is -4.76. The van der Waals surface area contributed by atoms with Gasteiger partial charge in [0.1, 0.15) is 0 Å². The fourth-order valence-electron chi connectivity index (χ4n) is 0.580. The van der Waals surface area contributed by atoms with Crippen LogP contribution < -0.4 is 10.7 Å². The van der Waals surface area contributed by atoms with Gasteiger partial charge in [-0.2, -0.15) is 13.2 Å². The van der Waals surface area contributed by atoms with Crippen molar-refractivity contribution in [2.45, 2.75) is 6.18 Å². The predicted octanol–water partition coefficient (Wildman–Crippen LogP) is -0.138. The van der Waals surface area contributed by atoms with Crippen LogP contribution in [0.3, 0.4) is 0 Å². The summed E-state index contributed by atoms with van der Waals surface area (Å²) in [5, 5.41) is 10.3. The molecule has 0 spiro atoms. The van der Waals surface area contributed by atoms with Crippen molar-refractivity contribution < 1.29 is 18.3 Å². The van der Waals surface area contributed by atoms with E-state index in [1.165, 1.54) is 0 Å². The number of H-pyrrole nitrogens is 1. The van der Waals surface area contributed by atoms with Gasteiger partial charge < -0.3 is 10.1 Å². The molecule has 0 unspecified atom stereocenters. The summed E-state index contributed by atoms with van der Waals surface area (Å²) in [5.74, 6) is 0. The third kappa shape index (κ3) is 1.74. The molecule has 4 nitrogen and oxygen atoms in total. The summed E-state index contributed by atoms with van der Waals surface area (Å²) in [4.78, 5) is 14.5. The molecule has 1 aromatic rings. The SMILES string of the molecule is O=c1cc(C(F)(F)F)nc([O-])[nH]1. The molecule has 66 valence electrons. The molecule has 1 rings (SSSR count). The molecular weight excluding hydrogens is 177 g/mol. The number of aromatic amines is 1. The number of hydrogen-bond donors (Lipinski definition) is 1. The molecule has 0 radical (unpaired) electrons. The zero-order chi connectivity index (χ0) is 9.35. The lowest BCUT2D eigenvalue weighted by atomic mass is 10.4. The first-order valence-electron chi connectivity index (χ1n) is 2.75. The molecule has 7 heteroatoms. The monoisotopic (exact) mass is 179 g/mol. The summed E-state index contributed by atoms with van der Waals surface area (Å²) in [6.45, 7) is 0. The van der Waals surface area contributed by atoms with Crippen molar-refractivity contribution in [3.63, 3.8) is 0 Å². The Balaban J connectivity index is 3.27. The minimum atomic E-state index is -4.76. The van der Waals surface area contributed by atoms with Crippen LogP contribution in [0.15, 0.2) is 10.9 Å². The molecule has 0 bridgehead atoms. The Morgan fingerprint density at radius 1 is 1.50 bits per heavy atom. The Morgan fingerprint density at radius 2 is 2.08 bits per heavy atom. The molecule has 1 aromatic heterocycles. The van der Waals surface area contributed by atoms with Crippen LogP contribution in [0, 0.1) is 0 Å². The van der Waals surface area contributed by atoms with Crippen molar-refractivity contribution in [1.82, 2.24) is 9.97 Å². The number of rotatable bonds is 0. The largest absolute Gasteiger partial charge is 0.846 e. The van der Waals surface area contributed by atoms with Crippen molar-refractivity contribution >= 4 is 0 Å². The number of nitrogens with zero attached hydrogens (tertiary/aromatic N) is 1. The van der Waals surface area contributed by atoms with Gasteiger partial charge in [0.25, 0.3) is 5.56 Å². The van der Waals surface area contributed by atoms with Crippen molar-refractivity contribution in [2.75, 3.05) is 0 Å². The van der Waals surface area contributed by atoms with E-state index in [9.17, 15) is 23.1 Å². The second-order valence-electron chi connectivity index (χ2n) is 1.93. The topological polar surface area (TPSA) is 68.8 Å². The lowest BCUT2D eigenvalue weighted by Gasteiger charge is -2.08. The fraction of sp³-hybridized carbons (Fsp3) is 0.200. The van der Waals surface area contributed by atoms with E-state index in [1.54, 1.807) is 4.98 Å². The third-order valence-corrected chi connectivity index (χ3v) is 1.01. The van der Waals surface area contributed by atoms with Crippen molar-refractivity contribution in [3.05, 3.63) is 22.1 Å². The van der Waals surface area contributed by atoms with Crippen LogP contribution >= 0.6 is 0 Å². The zero-order valence-electron chi connectivity index (χ0n) is 5.47. The zero-order valence-corrected chi connectivity index (χ0v) is 5.47. The van der Waals surface area contributed by atoms with Crippen molar-refractivity contribution in [1.29, 1.82) is 0 Å². The van der Waals surface area contributed by atoms with Gasteiger partial charge in [-0.15, -0.1) is 0 Å². The summed E-state index contributed by atoms with van der Waals surface area (Å²) in [5.41, 5.74) is -2.58. The molecule has 0 aliphatic heterocycles. The molecule has 1 N–H and O–H groups in total. The lowest BCUT2D eigenvalue weighted by Crippen LogP contribution is -2.18. The van der Waals surface area contributed by atoms with E-state index in [-0.39, 0.29) is 6.07 Å². The molecule has 0 saturated heterocycles. The van der Waals surface area contributed by atoms with Gasteiger partial charge in [0.05, 0.1) is 6.01 Å². The van der Waals surface area contributed by atoms with Gasteiger partial charge in [-0.25, -0.2) is 4.98 Å². The summed E-state index contributed by atoms with van der Waals surface area (Å²) in [6, 6.07) is -1.07. The first-order valence-corrected chi connectivity index (χ1v) is 2.75. The Kier molecular flexibility index (Phi) is 1.79. The van der Waals surface area contributed by atoms with Crippen LogP contribution in [0.4, 0.5) is 13.2 Å². The minimum Gasteiger partial charge on any atom is -0.846 e. The number of halogens is 3. The van der Waals surface area contributed by atoms with Gasteiger partial charge in [-0.05, 0) is 0 Å². The van der Waals surface area contributed by atoms with E-state index in [0.717, 1.165) is 0 Å². The average molecular weight is 179 g/mol. The second-order valence-corrected chi connectivity index (χ2v) is 1.93. The minimum absolute atomic E-state index is 0.224. The maximum absolute atomic E-state index is 11.8. The molecule has 0 fully saturated rings. The van der Waals surface area contributed by atoms with E-state index in [4.69, 9.17) is 0 Å². The van der Waals surface area contributed by atoms with E-state index >= 15 is 0 Å². The van der Waals surface area contributed by atoms with Crippen molar-refractivity contribution in [3.8, 4) is 6.01 Å². The van der Waals surface area contributed by atoms with Gasteiger partial charge in [-0.1, -0.05) is 0 Å². The van der Waals surface area contributed by atoms with Crippen LogP contribution in [0.25, 0.3) is 0 Å².